The highest BCUT2D eigenvalue weighted by Gasteiger charge is 2.33. The van der Waals surface area contributed by atoms with Crippen molar-refractivity contribution in [3.05, 3.63) is 77.7 Å². The smallest absolute Gasteiger partial charge is 0.259 e. The summed E-state index contributed by atoms with van der Waals surface area (Å²) in [5, 5.41) is 4.51. The topological polar surface area (TPSA) is 96.6 Å². The van der Waals surface area contributed by atoms with Gasteiger partial charge in [0.1, 0.15) is 10.7 Å². The zero-order valence-electron chi connectivity index (χ0n) is 18.3. The highest BCUT2D eigenvalue weighted by Crippen LogP contribution is 2.28. The third-order valence-corrected chi connectivity index (χ3v) is 7.83. The van der Waals surface area contributed by atoms with Crippen LogP contribution in [0.15, 0.2) is 70.1 Å². The van der Waals surface area contributed by atoms with Gasteiger partial charge in [0.15, 0.2) is 0 Å². The van der Waals surface area contributed by atoms with Gasteiger partial charge in [-0.1, -0.05) is 47.6 Å². The van der Waals surface area contributed by atoms with Crippen molar-refractivity contribution in [2.45, 2.75) is 11.8 Å². The van der Waals surface area contributed by atoms with Crippen molar-refractivity contribution in [3.63, 3.8) is 0 Å². The molecule has 1 saturated heterocycles. The van der Waals surface area contributed by atoms with Gasteiger partial charge in [0.05, 0.1) is 22.3 Å². The van der Waals surface area contributed by atoms with E-state index in [4.69, 9.17) is 4.52 Å². The van der Waals surface area contributed by atoms with Crippen LogP contribution in [0.1, 0.15) is 16.1 Å². The van der Waals surface area contributed by atoms with Crippen molar-refractivity contribution in [1.82, 2.24) is 19.3 Å². The van der Waals surface area contributed by atoms with Gasteiger partial charge in [-0.25, -0.2) is 17.8 Å². The predicted octanol–water partition coefficient (Wildman–Crippen LogP) is 3.48. The Morgan fingerprint density at radius 1 is 1.00 bits per heavy atom. The summed E-state index contributed by atoms with van der Waals surface area (Å²) in [6.45, 7) is 2.20. The summed E-state index contributed by atoms with van der Waals surface area (Å²) in [6.07, 6.45) is 0. The minimum Gasteiger partial charge on any atom is -0.336 e. The number of piperazine rings is 1. The molecule has 1 aliphatic heterocycles. The second kappa shape index (κ2) is 8.62. The normalized spacial score (nSPS) is 15.1. The number of hydrogen-bond acceptors (Lipinski definition) is 6. The Kier molecular flexibility index (Phi) is 5.62. The van der Waals surface area contributed by atoms with E-state index in [0.717, 1.165) is 11.6 Å². The van der Waals surface area contributed by atoms with E-state index in [1.165, 1.54) is 22.5 Å². The number of carbonyl (C=O) groups is 1. The van der Waals surface area contributed by atoms with Gasteiger partial charge in [0.2, 0.25) is 10.0 Å². The molecule has 1 fully saturated rings. The average molecular weight is 481 g/mol. The lowest BCUT2D eigenvalue weighted by molar-refractivity contribution is 0.0699. The van der Waals surface area contributed by atoms with E-state index in [1.54, 1.807) is 17.9 Å². The van der Waals surface area contributed by atoms with E-state index in [-0.39, 0.29) is 42.7 Å². The summed E-state index contributed by atoms with van der Waals surface area (Å²) in [5.41, 5.74) is 2.61. The average Bonchev–Trinajstić information content (AvgIpc) is 3.24. The van der Waals surface area contributed by atoms with Crippen molar-refractivity contribution >= 4 is 27.0 Å². The summed E-state index contributed by atoms with van der Waals surface area (Å²) in [5.74, 6) is -1.06. The lowest BCUT2D eigenvalue weighted by Crippen LogP contribution is -2.50. The molecule has 1 aliphatic rings. The molecule has 8 nitrogen and oxygen atoms in total. The maximum atomic E-state index is 14.1. The number of amides is 1. The van der Waals surface area contributed by atoms with Crippen molar-refractivity contribution in [1.29, 1.82) is 0 Å². The first-order valence-electron chi connectivity index (χ1n) is 10.7. The molecule has 0 N–H and O–H groups in total. The van der Waals surface area contributed by atoms with E-state index in [1.807, 2.05) is 30.3 Å². The van der Waals surface area contributed by atoms with Gasteiger partial charge in [0.25, 0.3) is 11.6 Å². The van der Waals surface area contributed by atoms with Crippen LogP contribution in [0.2, 0.25) is 0 Å². The van der Waals surface area contributed by atoms with E-state index in [2.05, 4.69) is 10.1 Å². The quantitative estimate of drug-likeness (QED) is 0.444. The number of hydrogen-bond donors (Lipinski definition) is 0. The number of aryl methyl sites for hydroxylation is 1. The monoisotopic (exact) mass is 480 g/mol. The third kappa shape index (κ3) is 3.84. The highest BCUT2D eigenvalue weighted by atomic mass is 32.2. The first-order valence-corrected chi connectivity index (χ1v) is 12.2. The number of aromatic nitrogens is 2. The van der Waals surface area contributed by atoms with Crippen molar-refractivity contribution in [2.75, 3.05) is 26.2 Å². The molecule has 174 valence electrons. The van der Waals surface area contributed by atoms with Crippen molar-refractivity contribution in [2.24, 2.45) is 0 Å². The van der Waals surface area contributed by atoms with Crippen molar-refractivity contribution < 1.29 is 22.1 Å². The fraction of sp³-hybridized carbons (Fsp3) is 0.208. The Bertz CT molecular complexity index is 1480. The van der Waals surface area contributed by atoms with Gasteiger partial charge in [-0.3, -0.25) is 4.79 Å². The maximum absolute atomic E-state index is 14.1. The number of fused-ring (bicyclic) bond motifs is 1. The lowest BCUT2D eigenvalue weighted by atomic mass is 10.0. The van der Waals surface area contributed by atoms with Crippen LogP contribution in [0, 0.1) is 12.7 Å². The molecule has 10 heteroatoms. The largest absolute Gasteiger partial charge is 0.336 e. The van der Waals surface area contributed by atoms with Crippen LogP contribution in [-0.4, -0.2) is 59.8 Å². The third-order valence-electron chi connectivity index (χ3n) is 5.90. The molecule has 0 radical (unpaired) electrons. The molecule has 34 heavy (non-hydrogen) atoms. The summed E-state index contributed by atoms with van der Waals surface area (Å²) in [6, 6.07) is 16.4. The van der Waals surface area contributed by atoms with Gasteiger partial charge in [-0.05, 0) is 25.1 Å². The SMILES string of the molecule is Cc1noc2nc(-c3ccccc3)cc(C(=O)N3CCN(S(=O)(=O)c4ccccc4F)CC3)c12. The Labute approximate surface area is 195 Å². The molecular weight excluding hydrogens is 459 g/mol. The van der Waals surface area contributed by atoms with E-state index in [9.17, 15) is 17.6 Å². The highest BCUT2D eigenvalue weighted by molar-refractivity contribution is 7.89. The number of nitrogens with zero attached hydrogens (tertiary/aromatic N) is 4. The zero-order valence-corrected chi connectivity index (χ0v) is 19.1. The fourth-order valence-electron chi connectivity index (χ4n) is 4.12. The van der Waals surface area contributed by atoms with Crippen LogP contribution >= 0.6 is 0 Å². The van der Waals surface area contributed by atoms with Gasteiger partial charge in [0, 0.05) is 31.7 Å². The fourth-order valence-corrected chi connectivity index (χ4v) is 5.60. The van der Waals surface area contributed by atoms with Crippen LogP contribution < -0.4 is 0 Å². The molecule has 2 aromatic carbocycles. The van der Waals surface area contributed by atoms with Crippen LogP contribution in [0.3, 0.4) is 0 Å². The van der Waals surface area contributed by atoms with Gasteiger partial charge in [-0.15, -0.1) is 0 Å². The minimum absolute atomic E-state index is 0.0603. The maximum Gasteiger partial charge on any atom is 0.259 e. The predicted molar refractivity (Wildman–Crippen MR) is 123 cm³/mol. The Morgan fingerprint density at radius 3 is 2.38 bits per heavy atom. The number of halogens is 1. The molecule has 4 aromatic rings. The number of pyridine rings is 1. The van der Waals surface area contributed by atoms with Crippen LogP contribution in [0.25, 0.3) is 22.4 Å². The van der Waals surface area contributed by atoms with Crippen LogP contribution in [0.4, 0.5) is 4.39 Å². The number of benzene rings is 2. The Morgan fingerprint density at radius 2 is 1.68 bits per heavy atom. The summed E-state index contributed by atoms with van der Waals surface area (Å²) < 4.78 is 46.5. The second-order valence-corrected chi connectivity index (χ2v) is 9.90. The van der Waals surface area contributed by atoms with E-state index < -0.39 is 15.8 Å². The summed E-state index contributed by atoms with van der Waals surface area (Å²) in [4.78, 5) is 19.3. The van der Waals surface area contributed by atoms with E-state index in [0.29, 0.717) is 22.3 Å². The lowest BCUT2D eigenvalue weighted by Gasteiger charge is -2.34. The van der Waals surface area contributed by atoms with Gasteiger partial charge < -0.3 is 9.42 Å². The van der Waals surface area contributed by atoms with Crippen LogP contribution in [0.5, 0.6) is 0 Å². The first kappa shape index (κ1) is 22.2. The molecule has 0 spiro atoms. The zero-order chi connectivity index (χ0) is 23.9. The molecule has 0 aliphatic carbocycles. The second-order valence-electron chi connectivity index (χ2n) is 8.00. The summed E-state index contributed by atoms with van der Waals surface area (Å²) >= 11 is 0. The van der Waals surface area contributed by atoms with Crippen LogP contribution in [-0.2, 0) is 10.0 Å². The Hall–Kier alpha value is -3.63. The number of carbonyl (C=O) groups excluding carboxylic acids is 1. The molecule has 3 heterocycles. The standard InChI is InChI=1S/C24H21FN4O4S/c1-16-22-18(15-20(26-23(22)33-27-16)17-7-3-2-4-8-17)24(30)28-11-13-29(14-12-28)34(31,32)21-10-6-5-9-19(21)25/h2-10,15H,11-14H2,1H3. The van der Waals surface area contributed by atoms with E-state index >= 15 is 0 Å². The molecule has 0 bridgehead atoms. The van der Waals surface area contributed by atoms with Gasteiger partial charge in [-0.2, -0.15) is 4.31 Å². The number of sulfonamides is 1. The molecule has 2 aromatic heterocycles. The minimum atomic E-state index is -4.00. The molecule has 1 amide bonds. The molecule has 0 unspecified atom stereocenters. The molecule has 0 saturated carbocycles. The van der Waals surface area contributed by atoms with Crippen molar-refractivity contribution in [3.8, 4) is 11.3 Å². The molecule has 0 atom stereocenters. The first-order chi connectivity index (χ1) is 16.4. The molecule has 5 rings (SSSR count). The molecular formula is C24H21FN4O4S. The summed E-state index contributed by atoms with van der Waals surface area (Å²) in [7, 11) is -4.00. The Balaban J connectivity index is 1.42. The van der Waals surface area contributed by atoms with Gasteiger partial charge >= 0.3 is 0 Å². The number of rotatable bonds is 4.